The molecule has 0 saturated carbocycles. The number of thiophene rings is 1. The standard InChI is InChI=1S/C41H24N2O2S/c1-2-11-28-25(9-1)10-7-15-34(28)43(26-20-22-36-32(23-26)29-12-3-5-16-35(29)44-36)27-19-21-30-39(24-27)46-38-18-8-13-31(40(30)38)41-42-33-14-4-6-17-37(33)45-41/h1-24H. The quantitative estimate of drug-likeness (QED) is 0.199. The molecule has 0 aliphatic rings. The molecule has 0 bridgehead atoms. The van der Waals surface area contributed by atoms with Crippen molar-refractivity contribution in [3.8, 4) is 11.5 Å². The van der Waals surface area contributed by atoms with Crippen molar-refractivity contribution in [2.75, 3.05) is 4.90 Å². The highest BCUT2D eigenvalue weighted by Gasteiger charge is 2.20. The highest BCUT2D eigenvalue weighted by molar-refractivity contribution is 7.26. The Morgan fingerprint density at radius 2 is 1.24 bits per heavy atom. The van der Waals surface area contributed by atoms with Gasteiger partial charge in [-0.1, -0.05) is 78.9 Å². The van der Waals surface area contributed by atoms with Crippen molar-refractivity contribution in [3.05, 3.63) is 146 Å². The fourth-order valence-electron chi connectivity index (χ4n) is 6.80. The second kappa shape index (κ2) is 9.80. The molecule has 0 aliphatic carbocycles. The molecule has 216 valence electrons. The molecular weight excluding hydrogens is 585 g/mol. The van der Waals surface area contributed by atoms with E-state index in [0.29, 0.717) is 5.89 Å². The summed E-state index contributed by atoms with van der Waals surface area (Å²) in [6.45, 7) is 0. The van der Waals surface area contributed by atoms with Gasteiger partial charge in [-0.05, 0) is 72.1 Å². The molecule has 3 heterocycles. The summed E-state index contributed by atoms with van der Waals surface area (Å²) in [5.41, 5.74) is 7.74. The van der Waals surface area contributed by atoms with Gasteiger partial charge >= 0.3 is 0 Å². The molecule has 46 heavy (non-hydrogen) atoms. The lowest BCUT2D eigenvalue weighted by atomic mass is 10.0. The van der Waals surface area contributed by atoms with E-state index in [1.807, 2.05) is 36.4 Å². The van der Waals surface area contributed by atoms with E-state index in [2.05, 4.69) is 114 Å². The Morgan fingerprint density at radius 3 is 2.17 bits per heavy atom. The molecule has 0 spiro atoms. The number of benzene rings is 7. The van der Waals surface area contributed by atoms with Gasteiger partial charge in [-0.15, -0.1) is 11.3 Å². The van der Waals surface area contributed by atoms with E-state index >= 15 is 0 Å². The first-order valence-corrected chi connectivity index (χ1v) is 16.1. The van der Waals surface area contributed by atoms with Gasteiger partial charge < -0.3 is 13.7 Å². The number of fused-ring (bicyclic) bond motifs is 8. The van der Waals surface area contributed by atoms with Gasteiger partial charge in [-0.3, -0.25) is 0 Å². The summed E-state index contributed by atoms with van der Waals surface area (Å²) in [5.74, 6) is 0.647. The maximum absolute atomic E-state index is 6.24. The average Bonchev–Trinajstić information content (AvgIpc) is 3.81. The lowest BCUT2D eigenvalue weighted by Gasteiger charge is -2.27. The van der Waals surface area contributed by atoms with Gasteiger partial charge in [0.05, 0.1) is 5.69 Å². The van der Waals surface area contributed by atoms with Crippen LogP contribution < -0.4 is 4.90 Å². The fourth-order valence-corrected chi connectivity index (χ4v) is 7.97. The number of para-hydroxylation sites is 3. The van der Waals surface area contributed by atoms with Gasteiger partial charge in [0.1, 0.15) is 16.7 Å². The van der Waals surface area contributed by atoms with Crippen LogP contribution in [0.25, 0.3) is 75.4 Å². The van der Waals surface area contributed by atoms with Crippen LogP contribution in [0.15, 0.2) is 154 Å². The average molecular weight is 609 g/mol. The summed E-state index contributed by atoms with van der Waals surface area (Å²) in [6, 6.07) is 51.0. The van der Waals surface area contributed by atoms with Crippen LogP contribution in [-0.2, 0) is 0 Å². The lowest BCUT2D eigenvalue weighted by Crippen LogP contribution is -2.10. The molecule has 0 N–H and O–H groups in total. The maximum Gasteiger partial charge on any atom is 0.227 e. The summed E-state index contributed by atoms with van der Waals surface area (Å²) in [6.07, 6.45) is 0. The molecule has 0 aliphatic heterocycles. The topological polar surface area (TPSA) is 42.4 Å². The molecule has 5 heteroatoms. The minimum absolute atomic E-state index is 0.647. The summed E-state index contributed by atoms with van der Waals surface area (Å²) in [5, 5.41) is 6.97. The smallest absolute Gasteiger partial charge is 0.227 e. The molecule has 10 aromatic rings. The Kier molecular flexibility index (Phi) is 5.41. The molecule has 0 saturated heterocycles. The van der Waals surface area contributed by atoms with Crippen molar-refractivity contribution in [2.24, 2.45) is 0 Å². The lowest BCUT2D eigenvalue weighted by molar-refractivity contribution is 0.620. The van der Waals surface area contributed by atoms with E-state index in [0.717, 1.165) is 55.7 Å². The third kappa shape index (κ3) is 3.82. The first-order valence-electron chi connectivity index (χ1n) is 15.3. The van der Waals surface area contributed by atoms with Crippen molar-refractivity contribution in [1.29, 1.82) is 0 Å². The van der Waals surface area contributed by atoms with Gasteiger partial charge in [0.2, 0.25) is 5.89 Å². The molecule has 0 unspecified atom stereocenters. The number of nitrogens with zero attached hydrogens (tertiary/aromatic N) is 2. The molecule has 4 nitrogen and oxygen atoms in total. The summed E-state index contributed by atoms with van der Waals surface area (Å²) < 4.78 is 14.8. The van der Waals surface area contributed by atoms with Crippen molar-refractivity contribution >= 4 is 92.4 Å². The van der Waals surface area contributed by atoms with Crippen LogP contribution in [0.1, 0.15) is 0 Å². The first-order chi connectivity index (χ1) is 22.8. The predicted octanol–water partition coefficient (Wildman–Crippen LogP) is 12.4. The number of oxazole rings is 1. The Balaban J connectivity index is 1.20. The van der Waals surface area contributed by atoms with Crippen molar-refractivity contribution in [2.45, 2.75) is 0 Å². The Hall–Kier alpha value is -5.91. The molecule has 7 aromatic carbocycles. The van der Waals surface area contributed by atoms with Crippen molar-refractivity contribution < 1.29 is 8.83 Å². The van der Waals surface area contributed by atoms with Crippen LogP contribution in [0.2, 0.25) is 0 Å². The number of hydrogen-bond acceptors (Lipinski definition) is 5. The fraction of sp³-hybridized carbons (Fsp3) is 0. The predicted molar refractivity (Wildman–Crippen MR) is 192 cm³/mol. The molecular formula is C41H24N2O2S. The maximum atomic E-state index is 6.24. The van der Waals surface area contributed by atoms with Gasteiger partial charge in [-0.2, -0.15) is 0 Å². The van der Waals surface area contributed by atoms with E-state index in [9.17, 15) is 0 Å². The van der Waals surface area contributed by atoms with E-state index in [1.165, 1.54) is 30.9 Å². The zero-order valence-electron chi connectivity index (χ0n) is 24.5. The summed E-state index contributed by atoms with van der Waals surface area (Å²) in [4.78, 5) is 7.21. The van der Waals surface area contributed by atoms with E-state index in [1.54, 1.807) is 11.3 Å². The number of aromatic nitrogens is 1. The number of rotatable bonds is 4. The van der Waals surface area contributed by atoms with Crippen LogP contribution in [0.5, 0.6) is 0 Å². The minimum atomic E-state index is 0.647. The van der Waals surface area contributed by atoms with Gasteiger partial charge in [-0.25, -0.2) is 4.98 Å². The Bertz CT molecular complexity index is 2750. The molecule has 3 aromatic heterocycles. The van der Waals surface area contributed by atoms with E-state index in [-0.39, 0.29) is 0 Å². The zero-order valence-corrected chi connectivity index (χ0v) is 25.3. The Labute approximate surface area is 267 Å². The van der Waals surface area contributed by atoms with Crippen LogP contribution in [-0.4, -0.2) is 4.98 Å². The monoisotopic (exact) mass is 608 g/mol. The summed E-state index contributed by atoms with van der Waals surface area (Å²) >= 11 is 1.80. The molecule has 0 amide bonds. The normalized spacial score (nSPS) is 11.9. The van der Waals surface area contributed by atoms with E-state index < -0.39 is 0 Å². The highest BCUT2D eigenvalue weighted by Crippen LogP contribution is 2.45. The van der Waals surface area contributed by atoms with Crippen LogP contribution in [0.4, 0.5) is 17.1 Å². The SMILES string of the molecule is c1ccc2c(N(c3ccc4c(c3)sc3cccc(-c5nc6ccccc6o5)c34)c3ccc4oc5ccccc5c4c3)cccc2c1. The van der Waals surface area contributed by atoms with Crippen LogP contribution in [0.3, 0.4) is 0 Å². The zero-order chi connectivity index (χ0) is 30.2. The molecule has 0 radical (unpaired) electrons. The number of anilines is 3. The number of hydrogen-bond donors (Lipinski definition) is 0. The minimum Gasteiger partial charge on any atom is -0.456 e. The summed E-state index contributed by atoms with van der Waals surface area (Å²) in [7, 11) is 0. The number of furan rings is 1. The largest absolute Gasteiger partial charge is 0.456 e. The Morgan fingerprint density at radius 1 is 0.500 bits per heavy atom. The van der Waals surface area contributed by atoms with E-state index in [4.69, 9.17) is 13.8 Å². The molecule has 10 rings (SSSR count). The van der Waals surface area contributed by atoms with Crippen LogP contribution in [0, 0.1) is 0 Å². The van der Waals surface area contributed by atoms with Gasteiger partial charge in [0.25, 0.3) is 0 Å². The van der Waals surface area contributed by atoms with Crippen molar-refractivity contribution in [3.63, 3.8) is 0 Å². The molecule has 0 atom stereocenters. The first kappa shape index (κ1) is 25.4. The van der Waals surface area contributed by atoms with Gasteiger partial charge in [0.15, 0.2) is 5.58 Å². The third-order valence-electron chi connectivity index (χ3n) is 8.89. The second-order valence-corrected chi connectivity index (χ2v) is 12.6. The second-order valence-electron chi connectivity index (χ2n) is 11.6. The van der Waals surface area contributed by atoms with Crippen molar-refractivity contribution in [1.82, 2.24) is 4.98 Å². The third-order valence-corrected chi connectivity index (χ3v) is 10.0. The highest BCUT2D eigenvalue weighted by atomic mass is 32.1. The molecule has 0 fully saturated rings. The van der Waals surface area contributed by atoms with Gasteiger partial charge in [0, 0.05) is 53.3 Å². The van der Waals surface area contributed by atoms with Crippen LogP contribution >= 0.6 is 11.3 Å².